The molecule has 0 aromatic rings. The molecule has 0 bridgehead atoms. The average Bonchev–Trinajstić information content (AvgIpc) is 3.19. The van der Waals surface area contributed by atoms with Gasteiger partial charge in [-0.2, -0.15) is 0 Å². The molecule has 0 spiro atoms. The van der Waals surface area contributed by atoms with Crippen LogP contribution in [0.2, 0.25) is 0 Å². The molecular weight excluding hydrogens is 314 g/mol. The van der Waals surface area contributed by atoms with Crippen LogP contribution in [-0.2, 0) is 0 Å². The number of likely N-dealkylation sites (tertiary alicyclic amines) is 2. The summed E-state index contributed by atoms with van der Waals surface area (Å²) in [5.74, 6) is 0. The summed E-state index contributed by atoms with van der Waals surface area (Å²) in [6.45, 7) is 3.16. The van der Waals surface area contributed by atoms with Crippen LogP contribution >= 0.6 is 0 Å². The van der Waals surface area contributed by atoms with E-state index in [2.05, 4.69) is 15.5 Å². The van der Waals surface area contributed by atoms with Gasteiger partial charge in [0.2, 0.25) is 0 Å². The minimum Gasteiger partial charge on any atom is -0.335 e. The second-order valence-corrected chi connectivity index (χ2v) is 7.50. The van der Waals surface area contributed by atoms with Gasteiger partial charge in [-0.05, 0) is 32.1 Å². The molecule has 138 valence electrons. The third-order valence-corrected chi connectivity index (χ3v) is 5.71. The summed E-state index contributed by atoms with van der Waals surface area (Å²) < 4.78 is 24.7. The summed E-state index contributed by atoms with van der Waals surface area (Å²) in [5, 5.41) is 6.12. The van der Waals surface area contributed by atoms with E-state index in [0.29, 0.717) is 13.1 Å². The van der Waals surface area contributed by atoms with E-state index in [1.54, 1.807) is 4.90 Å². The Balaban J connectivity index is 1.33. The molecule has 2 saturated heterocycles. The Labute approximate surface area is 143 Å². The Morgan fingerprint density at radius 3 is 2.25 bits per heavy atom. The van der Waals surface area contributed by atoms with E-state index in [-0.39, 0.29) is 24.7 Å². The highest BCUT2D eigenvalue weighted by Gasteiger charge is 2.31. The number of alkyl halides is 2. The number of nitrogens with zero attached hydrogens (tertiary/aromatic N) is 2. The summed E-state index contributed by atoms with van der Waals surface area (Å²) in [5.41, 5.74) is 0. The molecule has 3 rings (SSSR count). The molecule has 1 aliphatic carbocycles. The molecule has 3 fully saturated rings. The number of hydrogen-bond donors (Lipinski definition) is 2. The van der Waals surface area contributed by atoms with Gasteiger partial charge < -0.3 is 10.6 Å². The molecule has 0 aromatic heterocycles. The average molecular weight is 344 g/mol. The van der Waals surface area contributed by atoms with Crippen LogP contribution in [0, 0.1) is 0 Å². The molecule has 24 heavy (non-hydrogen) atoms. The van der Waals surface area contributed by atoms with Crippen LogP contribution in [0.5, 0.6) is 0 Å². The van der Waals surface area contributed by atoms with Gasteiger partial charge in [-0.15, -0.1) is 0 Å². The van der Waals surface area contributed by atoms with E-state index in [1.807, 2.05) is 0 Å². The number of urea groups is 1. The third kappa shape index (κ3) is 5.02. The van der Waals surface area contributed by atoms with Crippen molar-refractivity contribution in [3.63, 3.8) is 0 Å². The number of amides is 2. The summed E-state index contributed by atoms with van der Waals surface area (Å²) >= 11 is 0. The van der Waals surface area contributed by atoms with Crippen molar-refractivity contribution < 1.29 is 13.6 Å². The lowest BCUT2D eigenvalue weighted by Gasteiger charge is -2.32. The topological polar surface area (TPSA) is 47.6 Å². The Morgan fingerprint density at radius 2 is 1.58 bits per heavy atom. The van der Waals surface area contributed by atoms with E-state index >= 15 is 0 Å². The molecule has 5 nitrogen and oxygen atoms in total. The summed E-state index contributed by atoms with van der Waals surface area (Å²) in [7, 11) is 0. The van der Waals surface area contributed by atoms with Gasteiger partial charge >= 0.3 is 6.03 Å². The molecule has 2 N–H and O–H groups in total. The van der Waals surface area contributed by atoms with Crippen molar-refractivity contribution in [2.24, 2.45) is 0 Å². The number of piperidine rings is 1. The van der Waals surface area contributed by atoms with Crippen molar-refractivity contribution in [2.45, 2.75) is 69.5 Å². The Bertz CT molecular complexity index is 409. The highest BCUT2D eigenvalue weighted by molar-refractivity contribution is 5.74. The Kier molecular flexibility index (Phi) is 6.27. The predicted octanol–water partition coefficient (Wildman–Crippen LogP) is 2.03. The highest BCUT2D eigenvalue weighted by Crippen LogP contribution is 2.26. The summed E-state index contributed by atoms with van der Waals surface area (Å²) in [4.78, 5) is 16.5. The van der Waals surface area contributed by atoms with Gasteiger partial charge in [-0.25, -0.2) is 13.6 Å². The number of halogens is 2. The number of hydrogen-bond acceptors (Lipinski definition) is 3. The first-order valence-corrected chi connectivity index (χ1v) is 9.41. The first kappa shape index (κ1) is 17.9. The zero-order valence-electron chi connectivity index (χ0n) is 14.4. The molecular formula is C17H30F2N4O. The molecule has 2 aliphatic heterocycles. The molecule has 7 heteroatoms. The lowest BCUT2D eigenvalue weighted by molar-refractivity contribution is 0.0736. The maximum absolute atomic E-state index is 12.4. The fourth-order valence-corrected chi connectivity index (χ4v) is 4.37. The van der Waals surface area contributed by atoms with Gasteiger partial charge in [0.15, 0.2) is 0 Å². The molecule has 3 aliphatic rings. The number of carbonyl (C=O) groups is 1. The van der Waals surface area contributed by atoms with E-state index in [9.17, 15) is 13.6 Å². The second-order valence-electron chi connectivity index (χ2n) is 7.50. The molecule has 1 saturated carbocycles. The molecule has 1 atom stereocenters. The van der Waals surface area contributed by atoms with E-state index in [4.69, 9.17) is 0 Å². The monoisotopic (exact) mass is 344 g/mol. The normalized spacial score (nSPS) is 27.9. The third-order valence-electron chi connectivity index (χ3n) is 5.71. The Hall–Kier alpha value is -0.950. The summed E-state index contributed by atoms with van der Waals surface area (Å²) in [6.07, 6.45) is 5.53. The minimum atomic E-state index is -2.28. The Morgan fingerprint density at radius 1 is 0.958 bits per heavy atom. The highest BCUT2D eigenvalue weighted by atomic mass is 19.3. The van der Waals surface area contributed by atoms with Crippen molar-refractivity contribution in [3.8, 4) is 0 Å². The van der Waals surface area contributed by atoms with Gasteiger partial charge in [0.1, 0.15) is 0 Å². The van der Waals surface area contributed by atoms with Crippen molar-refractivity contribution in [2.75, 3.05) is 32.7 Å². The predicted molar refractivity (Wildman–Crippen MR) is 89.4 cm³/mol. The van der Waals surface area contributed by atoms with Gasteiger partial charge in [0.25, 0.3) is 6.43 Å². The zero-order valence-corrected chi connectivity index (χ0v) is 14.4. The lowest BCUT2D eigenvalue weighted by atomic mass is 10.1. The molecule has 0 aromatic carbocycles. The maximum Gasteiger partial charge on any atom is 0.315 e. The quantitative estimate of drug-likeness (QED) is 0.802. The van der Waals surface area contributed by atoms with E-state index in [1.165, 1.54) is 25.7 Å². The first-order chi connectivity index (χ1) is 11.6. The first-order valence-electron chi connectivity index (χ1n) is 9.41. The van der Waals surface area contributed by atoms with Gasteiger partial charge in [0.05, 0.1) is 6.54 Å². The fourth-order valence-electron chi connectivity index (χ4n) is 4.37. The van der Waals surface area contributed by atoms with Crippen LogP contribution in [0.4, 0.5) is 13.6 Å². The summed E-state index contributed by atoms with van der Waals surface area (Å²) in [6, 6.07) is 0.968. The minimum absolute atomic E-state index is 0.0967. The fraction of sp³-hybridized carbons (Fsp3) is 0.941. The van der Waals surface area contributed by atoms with Gasteiger partial charge in [-0.1, -0.05) is 12.8 Å². The van der Waals surface area contributed by atoms with Crippen molar-refractivity contribution in [3.05, 3.63) is 0 Å². The molecule has 2 amide bonds. The van der Waals surface area contributed by atoms with Gasteiger partial charge in [-0.3, -0.25) is 9.80 Å². The number of carbonyl (C=O) groups excluding carboxylic acids is 1. The lowest BCUT2D eigenvalue weighted by Crippen LogP contribution is -2.51. The van der Waals surface area contributed by atoms with E-state index in [0.717, 1.165) is 38.4 Å². The van der Waals surface area contributed by atoms with E-state index < -0.39 is 6.43 Å². The van der Waals surface area contributed by atoms with Crippen LogP contribution in [0.3, 0.4) is 0 Å². The van der Waals surface area contributed by atoms with Crippen molar-refractivity contribution in [1.82, 2.24) is 20.4 Å². The standard InChI is InChI=1S/C17H30F2N4O/c18-16(19)12-22-8-5-13(6-9-22)20-17(24)21-14-7-10-23(11-14)15-3-1-2-4-15/h13-16H,1-12H2,(H2,20,21,24)/t14-/m0/s1. The number of nitrogens with one attached hydrogen (secondary N) is 2. The zero-order chi connectivity index (χ0) is 16.9. The molecule has 2 heterocycles. The molecule has 0 unspecified atom stereocenters. The molecule has 0 radical (unpaired) electrons. The van der Waals surface area contributed by atoms with Gasteiger partial charge in [0, 0.05) is 44.3 Å². The number of rotatable bonds is 5. The van der Waals surface area contributed by atoms with Crippen LogP contribution in [0.25, 0.3) is 0 Å². The van der Waals surface area contributed by atoms with Crippen molar-refractivity contribution >= 4 is 6.03 Å². The largest absolute Gasteiger partial charge is 0.335 e. The second kappa shape index (κ2) is 8.43. The SMILES string of the molecule is O=C(NC1CCN(CC(F)F)CC1)N[C@H]1CCN(C2CCCC2)C1. The smallest absolute Gasteiger partial charge is 0.315 e. The van der Waals surface area contributed by atoms with Crippen LogP contribution in [0.1, 0.15) is 44.9 Å². The maximum atomic E-state index is 12.4. The van der Waals surface area contributed by atoms with Crippen molar-refractivity contribution in [1.29, 1.82) is 0 Å². The van der Waals surface area contributed by atoms with Crippen LogP contribution in [0.15, 0.2) is 0 Å². The van der Waals surface area contributed by atoms with Crippen LogP contribution < -0.4 is 10.6 Å². The van der Waals surface area contributed by atoms with Crippen LogP contribution in [-0.4, -0.2) is 73.1 Å².